The highest BCUT2D eigenvalue weighted by atomic mass is 35.5. The van der Waals surface area contributed by atoms with Crippen molar-refractivity contribution in [1.29, 1.82) is 0 Å². The van der Waals surface area contributed by atoms with Gasteiger partial charge in [-0.1, -0.05) is 20.8 Å². The summed E-state index contributed by atoms with van der Waals surface area (Å²) in [6.07, 6.45) is 2.27. The second-order valence-corrected chi connectivity index (χ2v) is 6.88. The maximum atomic E-state index is 12.6. The molecule has 0 atom stereocenters. The van der Waals surface area contributed by atoms with E-state index in [-0.39, 0.29) is 10.9 Å². The Hall–Kier alpha value is -0.630. The van der Waals surface area contributed by atoms with Gasteiger partial charge in [0.05, 0.1) is 12.1 Å². The molecule has 6 nitrogen and oxygen atoms in total. The van der Waals surface area contributed by atoms with Crippen LogP contribution in [0.4, 0.5) is 0 Å². The van der Waals surface area contributed by atoms with E-state index in [2.05, 4.69) is 28.9 Å². The van der Waals surface area contributed by atoms with Crippen LogP contribution >= 0.6 is 11.6 Å². The number of sulfonamides is 1. The van der Waals surface area contributed by atoms with Gasteiger partial charge in [-0.15, -0.1) is 11.6 Å². The first-order valence-corrected chi connectivity index (χ1v) is 9.29. The quantitative estimate of drug-likeness (QED) is 0.662. The second-order valence-electron chi connectivity index (χ2n) is 4.74. The zero-order valence-electron chi connectivity index (χ0n) is 13.0. The van der Waals surface area contributed by atoms with Gasteiger partial charge in [0.2, 0.25) is 0 Å². The molecule has 1 aromatic heterocycles. The van der Waals surface area contributed by atoms with Crippen molar-refractivity contribution in [2.75, 3.05) is 32.7 Å². The third-order valence-corrected chi connectivity index (χ3v) is 5.83. The van der Waals surface area contributed by atoms with Gasteiger partial charge in [-0.25, -0.2) is 8.42 Å². The zero-order valence-corrected chi connectivity index (χ0v) is 14.5. The predicted molar refractivity (Wildman–Crippen MR) is 85.0 cm³/mol. The van der Waals surface area contributed by atoms with E-state index in [1.165, 1.54) is 10.5 Å². The van der Waals surface area contributed by atoms with Gasteiger partial charge >= 0.3 is 0 Å². The minimum absolute atomic E-state index is 0.113. The number of aromatic amines is 1. The lowest BCUT2D eigenvalue weighted by Gasteiger charge is -2.23. The molecule has 0 aliphatic rings. The van der Waals surface area contributed by atoms with Gasteiger partial charge in [0.1, 0.15) is 0 Å². The lowest BCUT2D eigenvalue weighted by atomic mass is 10.3. The lowest BCUT2D eigenvalue weighted by molar-refractivity contribution is 0.285. The third kappa shape index (κ3) is 4.67. The van der Waals surface area contributed by atoms with Gasteiger partial charge in [-0.2, -0.15) is 9.40 Å². The number of rotatable bonds is 10. The van der Waals surface area contributed by atoms with E-state index in [4.69, 9.17) is 11.6 Å². The van der Waals surface area contributed by atoms with Crippen molar-refractivity contribution in [1.82, 2.24) is 19.4 Å². The lowest BCUT2D eigenvalue weighted by Crippen LogP contribution is -2.35. The van der Waals surface area contributed by atoms with Crippen LogP contribution in [0.25, 0.3) is 0 Å². The van der Waals surface area contributed by atoms with Crippen molar-refractivity contribution in [3.05, 3.63) is 11.8 Å². The van der Waals surface area contributed by atoms with Crippen LogP contribution in [0.1, 0.15) is 32.8 Å². The van der Waals surface area contributed by atoms with Crippen LogP contribution in [0.5, 0.6) is 0 Å². The highest BCUT2D eigenvalue weighted by Gasteiger charge is 2.27. The SMILES string of the molecule is CCN(CC)CCCN(CC)S(=O)(=O)c1[nH]ncc1CCl. The maximum Gasteiger partial charge on any atom is 0.260 e. The van der Waals surface area contributed by atoms with E-state index >= 15 is 0 Å². The number of H-pyrrole nitrogens is 1. The summed E-state index contributed by atoms with van der Waals surface area (Å²) in [5.41, 5.74) is 0.513. The van der Waals surface area contributed by atoms with E-state index < -0.39 is 10.0 Å². The number of hydrogen-bond donors (Lipinski definition) is 1. The van der Waals surface area contributed by atoms with Crippen LogP contribution in [-0.2, 0) is 15.9 Å². The molecule has 0 aliphatic carbocycles. The van der Waals surface area contributed by atoms with Gasteiger partial charge in [0, 0.05) is 18.7 Å². The number of nitrogens with zero attached hydrogens (tertiary/aromatic N) is 3. The Labute approximate surface area is 132 Å². The van der Waals surface area contributed by atoms with Crippen LogP contribution in [0, 0.1) is 0 Å². The van der Waals surface area contributed by atoms with Crippen molar-refractivity contribution in [2.24, 2.45) is 0 Å². The first kappa shape index (κ1) is 18.4. The molecule has 0 spiro atoms. The van der Waals surface area contributed by atoms with Gasteiger partial charge in [0.25, 0.3) is 10.0 Å². The molecule has 0 aromatic carbocycles. The van der Waals surface area contributed by atoms with Crippen molar-refractivity contribution >= 4 is 21.6 Å². The van der Waals surface area contributed by atoms with Crippen LogP contribution in [0.3, 0.4) is 0 Å². The molecule has 1 rings (SSSR count). The highest BCUT2D eigenvalue weighted by Crippen LogP contribution is 2.19. The molecule has 0 aliphatic heterocycles. The molecule has 1 heterocycles. The van der Waals surface area contributed by atoms with E-state index in [0.717, 1.165) is 26.1 Å². The fourth-order valence-corrected chi connectivity index (χ4v) is 4.08. The van der Waals surface area contributed by atoms with Crippen LogP contribution in [0.2, 0.25) is 0 Å². The van der Waals surface area contributed by atoms with Crippen molar-refractivity contribution in [3.63, 3.8) is 0 Å². The highest BCUT2D eigenvalue weighted by molar-refractivity contribution is 7.89. The Bertz CT molecular complexity index is 514. The number of aromatic nitrogens is 2. The number of alkyl halides is 1. The van der Waals surface area contributed by atoms with Crippen molar-refractivity contribution < 1.29 is 8.42 Å². The Morgan fingerprint density at radius 1 is 1.19 bits per heavy atom. The molecule has 1 aromatic rings. The minimum Gasteiger partial charge on any atom is -0.304 e. The average molecular weight is 337 g/mol. The van der Waals surface area contributed by atoms with Crippen LogP contribution < -0.4 is 0 Å². The Balaban J connectivity index is 2.75. The average Bonchev–Trinajstić information content (AvgIpc) is 2.96. The second kappa shape index (κ2) is 8.73. The molecule has 21 heavy (non-hydrogen) atoms. The third-order valence-electron chi connectivity index (χ3n) is 3.55. The standard InChI is InChI=1S/C13H25ClN4O2S/c1-4-17(5-2)8-7-9-18(6-3)21(19,20)13-12(10-14)11-15-16-13/h11H,4-10H2,1-3H3,(H,15,16). The molecule has 8 heteroatoms. The van der Waals surface area contributed by atoms with Crippen LogP contribution in [-0.4, -0.2) is 60.5 Å². The van der Waals surface area contributed by atoms with Gasteiger partial charge in [0.15, 0.2) is 5.03 Å². The van der Waals surface area contributed by atoms with Crippen molar-refractivity contribution in [2.45, 2.75) is 38.1 Å². The molecule has 0 amide bonds. The van der Waals surface area contributed by atoms with Crippen LogP contribution in [0.15, 0.2) is 11.2 Å². The van der Waals surface area contributed by atoms with Crippen molar-refractivity contribution in [3.8, 4) is 0 Å². The molecule has 0 radical (unpaired) electrons. The topological polar surface area (TPSA) is 69.3 Å². The van der Waals surface area contributed by atoms with Gasteiger partial charge in [-0.05, 0) is 26.1 Å². The van der Waals surface area contributed by atoms with E-state index in [1.54, 1.807) is 0 Å². The summed E-state index contributed by atoms with van der Waals surface area (Å²) >= 11 is 5.76. The summed E-state index contributed by atoms with van der Waals surface area (Å²) in [5, 5.41) is 6.46. The van der Waals surface area contributed by atoms with Gasteiger partial charge in [-0.3, -0.25) is 5.10 Å². The molecule has 122 valence electrons. The molecule has 0 saturated heterocycles. The number of hydrogen-bond acceptors (Lipinski definition) is 4. The first-order chi connectivity index (χ1) is 10.0. The number of nitrogens with one attached hydrogen (secondary N) is 1. The molecular formula is C13H25ClN4O2S. The number of halogens is 1. The van der Waals surface area contributed by atoms with E-state index in [9.17, 15) is 8.42 Å². The monoisotopic (exact) mass is 336 g/mol. The van der Waals surface area contributed by atoms with E-state index in [1.807, 2.05) is 6.92 Å². The Kier molecular flexibility index (Phi) is 7.65. The first-order valence-electron chi connectivity index (χ1n) is 7.31. The molecule has 0 saturated carbocycles. The van der Waals surface area contributed by atoms with E-state index in [0.29, 0.717) is 18.7 Å². The largest absolute Gasteiger partial charge is 0.304 e. The Morgan fingerprint density at radius 3 is 2.38 bits per heavy atom. The summed E-state index contributed by atoms with van der Waals surface area (Å²) in [6.45, 7) is 9.83. The summed E-state index contributed by atoms with van der Waals surface area (Å²) in [4.78, 5) is 2.28. The molecule has 0 bridgehead atoms. The molecule has 0 unspecified atom stereocenters. The van der Waals surface area contributed by atoms with Gasteiger partial charge < -0.3 is 4.90 Å². The Morgan fingerprint density at radius 2 is 1.86 bits per heavy atom. The summed E-state index contributed by atoms with van der Waals surface area (Å²) < 4.78 is 26.7. The maximum absolute atomic E-state index is 12.6. The fraction of sp³-hybridized carbons (Fsp3) is 0.769. The summed E-state index contributed by atoms with van der Waals surface area (Å²) in [6, 6.07) is 0. The summed E-state index contributed by atoms with van der Waals surface area (Å²) in [5.74, 6) is 0.127. The predicted octanol–water partition coefficient (Wildman–Crippen LogP) is 1.89. The zero-order chi connectivity index (χ0) is 15.9. The minimum atomic E-state index is -3.55. The molecular weight excluding hydrogens is 312 g/mol. The normalized spacial score (nSPS) is 12.5. The fourth-order valence-electron chi connectivity index (χ4n) is 2.21. The smallest absolute Gasteiger partial charge is 0.260 e. The molecule has 1 N–H and O–H groups in total. The summed E-state index contributed by atoms with van der Waals surface area (Å²) in [7, 11) is -3.55. The molecule has 0 fully saturated rings.